The van der Waals surface area contributed by atoms with E-state index in [1.807, 2.05) is 18.7 Å². The molecule has 1 N–H and O–H groups in total. The number of aromatic nitrogens is 2. The molecule has 0 aliphatic carbocycles. The quantitative estimate of drug-likeness (QED) is 0.838. The molecule has 3 nitrogen and oxygen atoms in total. The zero-order valence-corrected chi connectivity index (χ0v) is 13.6. The minimum absolute atomic E-state index is 0.358. The Morgan fingerprint density at radius 2 is 1.81 bits per heavy atom. The predicted molar refractivity (Wildman–Crippen MR) is 88.2 cm³/mol. The molecule has 0 bridgehead atoms. The zero-order chi connectivity index (χ0) is 15.2. The lowest BCUT2D eigenvalue weighted by molar-refractivity contribution is 0.430. The Bertz CT molecular complexity index is 514. The summed E-state index contributed by atoms with van der Waals surface area (Å²) in [7, 11) is 0. The van der Waals surface area contributed by atoms with Crippen LogP contribution in [0.1, 0.15) is 44.9 Å². The highest BCUT2D eigenvalue weighted by Gasteiger charge is 2.10. The lowest BCUT2D eigenvalue weighted by atomic mass is 9.99. The molecule has 3 heteroatoms. The minimum atomic E-state index is 0.358. The maximum absolute atomic E-state index is 4.08. The second-order valence-corrected chi connectivity index (χ2v) is 6.39. The normalized spacial score (nSPS) is 14.3. The van der Waals surface area contributed by atoms with Crippen LogP contribution in [0, 0.1) is 5.92 Å². The van der Waals surface area contributed by atoms with Crippen LogP contribution in [-0.2, 0) is 13.0 Å². The van der Waals surface area contributed by atoms with E-state index in [0.717, 1.165) is 13.0 Å². The van der Waals surface area contributed by atoms with Gasteiger partial charge in [0.2, 0.25) is 0 Å². The van der Waals surface area contributed by atoms with Crippen molar-refractivity contribution >= 4 is 0 Å². The Hall–Kier alpha value is -1.61. The summed E-state index contributed by atoms with van der Waals surface area (Å²) in [5.74, 6) is 0.710. The molecule has 2 rings (SSSR count). The van der Waals surface area contributed by atoms with Crippen molar-refractivity contribution in [1.82, 2.24) is 14.9 Å². The van der Waals surface area contributed by atoms with Crippen molar-refractivity contribution in [2.75, 3.05) is 0 Å². The van der Waals surface area contributed by atoms with Gasteiger partial charge in [-0.3, -0.25) is 0 Å². The zero-order valence-electron chi connectivity index (χ0n) is 13.6. The standard InChI is InChI=1S/C18H27N3/c1-14(2)11-17-5-7-18(8-6-17)16(4)20-15(3)12-21-10-9-19-13-21/h5-10,13-16,20H,11-12H2,1-4H3. The van der Waals surface area contributed by atoms with Gasteiger partial charge in [-0.25, -0.2) is 4.98 Å². The molecule has 1 aromatic heterocycles. The van der Waals surface area contributed by atoms with Crippen molar-refractivity contribution in [1.29, 1.82) is 0 Å². The molecule has 0 amide bonds. The molecule has 0 spiro atoms. The van der Waals surface area contributed by atoms with Gasteiger partial charge < -0.3 is 9.88 Å². The van der Waals surface area contributed by atoms with E-state index in [-0.39, 0.29) is 0 Å². The Kier molecular flexibility index (Phi) is 5.57. The van der Waals surface area contributed by atoms with Crippen LogP contribution in [0.4, 0.5) is 0 Å². The maximum Gasteiger partial charge on any atom is 0.0946 e. The molecule has 0 aliphatic heterocycles. The van der Waals surface area contributed by atoms with Gasteiger partial charge in [-0.2, -0.15) is 0 Å². The lowest BCUT2D eigenvalue weighted by Gasteiger charge is -2.21. The molecule has 114 valence electrons. The molecule has 21 heavy (non-hydrogen) atoms. The number of imidazole rings is 1. The third-order valence-corrected chi connectivity index (χ3v) is 3.70. The minimum Gasteiger partial charge on any atom is -0.336 e. The van der Waals surface area contributed by atoms with Crippen molar-refractivity contribution in [3.63, 3.8) is 0 Å². The van der Waals surface area contributed by atoms with Crippen molar-refractivity contribution in [2.45, 2.75) is 52.7 Å². The van der Waals surface area contributed by atoms with Crippen molar-refractivity contribution in [3.05, 3.63) is 54.1 Å². The Morgan fingerprint density at radius 1 is 1.10 bits per heavy atom. The van der Waals surface area contributed by atoms with Crippen LogP contribution in [-0.4, -0.2) is 15.6 Å². The summed E-state index contributed by atoms with van der Waals surface area (Å²) in [6.07, 6.45) is 6.84. The summed E-state index contributed by atoms with van der Waals surface area (Å²) >= 11 is 0. The second kappa shape index (κ2) is 7.41. The lowest BCUT2D eigenvalue weighted by Crippen LogP contribution is -2.32. The fourth-order valence-corrected chi connectivity index (χ4v) is 2.70. The van der Waals surface area contributed by atoms with Crippen LogP contribution in [0.2, 0.25) is 0 Å². The van der Waals surface area contributed by atoms with Crippen LogP contribution < -0.4 is 5.32 Å². The van der Waals surface area contributed by atoms with Gasteiger partial charge in [-0.15, -0.1) is 0 Å². The first-order valence-corrected chi connectivity index (χ1v) is 7.85. The molecule has 0 saturated heterocycles. The number of rotatable bonds is 7. The van der Waals surface area contributed by atoms with Crippen molar-refractivity contribution in [2.24, 2.45) is 5.92 Å². The smallest absolute Gasteiger partial charge is 0.0946 e. The first-order chi connectivity index (χ1) is 10.0. The van der Waals surface area contributed by atoms with E-state index in [1.54, 1.807) is 0 Å². The van der Waals surface area contributed by atoms with Gasteiger partial charge in [0, 0.05) is 31.0 Å². The van der Waals surface area contributed by atoms with E-state index >= 15 is 0 Å². The topological polar surface area (TPSA) is 29.9 Å². The highest BCUT2D eigenvalue weighted by molar-refractivity contribution is 5.25. The molecular weight excluding hydrogens is 258 g/mol. The van der Waals surface area contributed by atoms with Crippen molar-refractivity contribution < 1.29 is 0 Å². The highest BCUT2D eigenvalue weighted by atomic mass is 15.1. The number of hydrogen-bond donors (Lipinski definition) is 1. The van der Waals surface area contributed by atoms with Crippen LogP contribution in [0.15, 0.2) is 43.0 Å². The van der Waals surface area contributed by atoms with Gasteiger partial charge >= 0.3 is 0 Å². The largest absolute Gasteiger partial charge is 0.336 e. The van der Waals surface area contributed by atoms with Crippen LogP contribution >= 0.6 is 0 Å². The number of benzene rings is 1. The SMILES string of the molecule is CC(C)Cc1ccc(C(C)NC(C)Cn2ccnc2)cc1. The Balaban J connectivity index is 1.88. The number of nitrogens with one attached hydrogen (secondary N) is 1. The molecule has 2 atom stereocenters. The summed E-state index contributed by atoms with van der Waals surface area (Å²) in [5.41, 5.74) is 2.77. The third kappa shape index (κ3) is 5.01. The summed E-state index contributed by atoms with van der Waals surface area (Å²) in [6, 6.07) is 9.78. The van der Waals surface area contributed by atoms with E-state index in [2.05, 4.69) is 66.8 Å². The van der Waals surface area contributed by atoms with E-state index in [0.29, 0.717) is 18.0 Å². The summed E-state index contributed by atoms with van der Waals surface area (Å²) in [5, 5.41) is 3.65. The van der Waals surface area contributed by atoms with E-state index in [4.69, 9.17) is 0 Å². The molecule has 2 aromatic rings. The van der Waals surface area contributed by atoms with Gasteiger partial charge in [0.05, 0.1) is 6.33 Å². The summed E-state index contributed by atoms with van der Waals surface area (Å²) in [4.78, 5) is 4.08. The average Bonchev–Trinajstić information content (AvgIpc) is 2.91. The van der Waals surface area contributed by atoms with Crippen LogP contribution in [0.5, 0.6) is 0 Å². The highest BCUT2D eigenvalue weighted by Crippen LogP contribution is 2.16. The van der Waals surface area contributed by atoms with Gasteiger partial charge in [-0.1, -0.05) is 38.1 Å². The number of hydrogen-bond acceptors (Lipinski definition) is 2. The van der Waals surface area contributed by atoms with Gasteiger partial charge in [0.25, 0.3) is 0 Å². The van der Waals surface area contributed by atoms with E-state index < -0.39 is 0 Å². The van der Waals surface area contributed by atoms with Gasteiger partial charge in [-0.05, 0) is 37.3 Å². The molecular formula is C18H27N3. The molecule has 0 saturated carbocycles. The molecule has 0 aliphatic rings. The van der Waals surface area contributed by atoms with E-state index in [1.165, 1.54) is 11.1 Å². The fourth-order valence-electron chi connectivity index (χ4n) is 2.70. The first kappa shape index (κ1) is 15.8. The maximum atomic E-state index is 4.08. The second-order valence-electron chi connectivity index (χ2n) is 6.39. The van der Waals surface area contributed by atoms with Crippen LogP contribution in [0.25, 0.3) is 0 Å². The number of nitrogens with zero attached hydrogens (tertiary/aromatic N) is 2. The van der Waals surface area contributed by atoms with Gasteiger partial charge in [0.1, 0.15) is 0 Å². The molecule has 1 heterocycles. The molecule has 0 fully saturated rings. The monoisotopic (exact) mass is 285 g/mol. The first-order valence-electron chi connectivity index (χ1n) is 7.85. The molecule has 2 unspecified atom stereocenters. The third-order valence-electron chi connectivity index (χ3n) is 3.70. The Morgan fingerprint density at radius 3 is 2.38 bits per heavy atom. The van der Waals surface area contributed by atoms with Crippen LogP contribution in [0.3, 0.4) is 0 Å². The summed E-state index contributed by atoms with van der Waals surface area (Å²) < 4.78 is 2.11. The molecule has 1 aromatic carbocycles. The van der Waals surface area contributed by atoms with E-state index in [9.17, 15) is 0 Å². The average molecular weight is 285 g/mol. The fraction of sp³-hybridized carbons (Fsp3) is 0.500. The van der Waals surface area contributed by atoms with Gasteiger partial charge in [0.15, 0.2) is 0 Å². The van der Waals surface area contributed by atoms with Crippen molar-refractivity contribution in [3.8, 4) is 0 Å². The molecule has 0 radical (unpaired) electrons. The predicted octanol–water partition coefficient (Wildman–Crippen LogP) is 3.82. The summed E-state index contributed by atoms with van der Waals surface area (Å²) in [6.45, 7) is 9.90. The Labute approximate surface area is 128 Å².